The molecule has 4 unspecified atom stereocenters. The molecule has 196 valence electrons. The van der Waals surface area contributed by atoms with Crippen LogP contribution >= 0.6 is 0 Å². The van der Waals surface area contributed by atoms with Crippen LogP contribution in [0, 0.1) is 5.92 Å². The standard InChI is InChI=1S/C20H30N4O11/c1-9(2)17(20(35)22-11(8-25)6-15(29)30)24-18(33)12(4-5-14(27)28)23-19(34)13(7-16(31)32)21-10(3)26/h8-9,11-13,17H,4-7H2,1-3H3,(H,21,26)(H,22,35)(H,23,34)(H,24,33)(H,27,28)(H,29,30)(H,31,32). The van der Waals surface area contributed by atoms with Crippen LogP contribution in [-0.2, 0) is 38.4 Å². The molecule has 4 atom stereocenters. The molecule has 4 amide bonds. The Morgan fingerprint density at radius 1 is 0.714 bits per heavy atom. The Labute approximate surface area is 200 Å². The Morgan fingerprint density at radius 2 is 1.26 bits per heavy atom. The Morgan fingerprint density at radius 3 is 1.69 bits per heavy atom. The van der Waals surface area contributed by atoms with Crippen LogP contribution in [0.2, 0.25) is 0 Å². The SMILES string of the molecule is CC(=O)NC(CC(=O)O)C(=O)NC(CCC(=O)O)C(=O)NC(C(=O)NC(C=O)CC(=O)O)C(C)C. The average Bonchev–Trinajstić information content (AvgIpc) is 2.71. The third-order valence-corrected chi connectivity index (χ3v) is 4.49. The normalized spacial score (nSPS) is 13.9. The number of nitrogens with one attached hydrogen (secondary N) is 4. The van der Waals surface area contributed by atoms with E-state index in [1.165, 1.54) is 13.8 Å². The molecule has 0 bridgehead atoms. The van der Waals surface area contributed by atoms with Crippen LogP contribution in [0.5, 0.6) is 0 Å². The minimum absolute atomic E-state index is 0.214. The maximum atomic E-state index is 12.8. The van der Waals surface area contributed by atoms with Crippen molar-refractivity contribution in [3.8, 4) is 0 Å². The average molecular weight is 502 g/mol. The Balaban J connectivity index is 5.66. The lowest BCUT2D eigenvalue weighted by atomic mass is 10.0. The quantitative estimate of drug-likeness (QED) is 0.110. The Bertz CT molecular complexity index is 827. The molecule has 0 saturated heterocycles. The summed E-state index contributed by atoms with van der Waals surface area (Å²) in [6.07, 6.45) is -2.31. The molecule has 15 heteroatoms. The highest BCUT2D eigenvalue weighted by atomic mass is 16.4. The van der Waals surface area contributed by atoms with Crippen molar-refractivity contribution >= 4 is 47.8 Å². The lowest BCUT2D eigenvalue weighted by Crippen LogP contribution is -2.58. The molecule has 35 heavy (non-hydrogen) atoms. The third-order valence-electron chi connectivity index (χ3n) is 4.49. The third kappa shape index (κ3) is 12.7. The number of carboxylic acids is 3. The van der Waals surface area contributed by atoms with Gasteiger partial charge in [-0.1, -0.05) is 13.8 Å². The maximum Gasteiger partial charge on any atom is 0.305 e. The van der Waals surface area contributed by atoms with Gasteiger partial charge in [-0.15, -0.1) is 0 Å². The molecular formula is C20H30N4O11. The molecular weight excluding hydrogens is 472 g/mol. The number of aliphatic carboxylic acids is 3. The van der Waals surface area contributed by atoms with Gasteiger partial charge in [0, 0.05) is 13.3 Å². The molecule has 0 saturated carbocycles. The lowest BCUT2D eigenvalue weighted by Gasteiger charge is -2.27. The first-order valence-corrected chi connectivity index (χ1v) is 10.5. The molecule has 0 aromatic heterocycles. The highest BCUT2D eigenvalue weighted by molar-refractivity contribution is 5.96. The molecule has 0 aliphatic carbocycles. The summed E-state index contributed by atoms with van der Waals surface area (Å²) < 4.78 is 0. The van der Waals surface area contributed by atoms with Crippen LogP contribution in [0.4, 0.5) is 0 Å². The van der Waals surface area contributed by atoms with Crippen molar-refractivity contribution in [3.05, 3.63) is 0 Å². The van der Waals surface area contributed by atoms with Crippen molar-refractivity contribution in [2.24, 2.45) is 5.92 Å². The highest BCUT2D eigenvalue weighted by Gasteiger charge is 2.32. The summed E-state index contributed by atoms with van der Waals surface area (Å²) >= 11 is 0. The van der Waals surface area contributed by atoms with Gasteiger partial charge in [-0.2, -0.15) is 0 Å². The summed E-state index contributed by atoms with van der Waals surface area (Å²) in [4.78, 5) is 93.1. The zero-order valence-electron chi connectivity index (χ0n) is 19.4. The molecule has 0 aromatic rings. The first-order chi connectivity index (χ1) is 16.2. The number of hydrogen-bond donors (Lipinski definition) is 7. The van der Waals surface area contributed by atoms with Crippen LogP contribution in [0.15, 0.2) is 0 Å². The van der Waals surface area contributed by atoms with Gasteiger partial charge in [0.1, 0.15) is 24.4 Å². The van der Waals surface area contributed by atoms with E-state index in [0.29, 0.717) is 0 Å². The number of carbonyl (C=O) groups is 8. The topological polar surface area (TPSA) is 245 Å². The second kappa shape index (κ2) is 15.0. The first-order valence-electron chi connectivity index (χ1n) is 10.5. The van der Waals surface area contributed by atoms with E-state index in [-0.39, 0.29) is 6.29 Å². The zero-order valence-corrected chi connectivity index (χ0v) is 19.4. The minimum Gasteiger partial charge on any atom is -0.481 e. The Kier molecular flexibility index (Phi) is 13.2. The predicted molar refractivity (Wildman–Crippen MR) is 116 cm³/mol. The first kappa shape index (κ1) is 31.0. The van der Waals surface area contributed by atoms with E-state index < -0.39 is 97.3 Å². The minimum atomic E-state index is -1.56. The van der Waals surface area contributed by atoms with Crippen molar-refractivity contribution in [2.45, 2.75) is 70.6 Å². The molecule has 0 heterocycles. The number of hydrogen-bond acceptors (Lipinski definition) is 8. The van der Waals surface area contributed by atoms with Crippen molar-refractivity contribution < 1.29 is 53.7 Å². The number of carboxylic acid groups (broad SMARTS) is 3. The highest BCUT2D eigenvalue weighted by Crippen LogP contribution is 2.07. The van der Waals surface area contributed by atoms with E-state index in [0.717, 1.165) is 6.92 Å². The number of aldehydes is 1. The molecule has 0 aliphatic rings. The van der Waals surface area contributed by atoms with Crippen molar-refractivity contribution in [1.29, 1.82) is 0 Å². The number of rotatable bonds is 16. The second-order valence-electron chi connectivity index (χ2n) is 7.92. The fourth-order valence-electron chi connectivity index (χ4n) is 2.82. The summed E-state index contributed by atoms with van der Waals surface area (Å²) in [5.74, 6) is -8.33. The summed E-state index contributed by atoms with van der Waals surface area (Å²) in [5.41, 5.74) is 0. The van der Waals surface area contributed by atoms with E-state index in [1.54, 1.807) is 0 Å². The largest absolute Gasteiger partial charge is 0.481 e. The fraction of sp³-hybridized carbons (Fsp3) is 0.600. The lowest BCUT2D eigenvalue weighted by molar-refractivity contribution is -0.141. The molecule has 7 N–H and O–H groups in total. The van der Waals surface area contributed by atoms with Gasteiger partial charge in [0.05, 0.1) is 18.9 Å². The van der Waals surface area contributed by atoms with E-state index in [1.807, 2.05) is 0 Å². The van der Waals surface area contributed by atoms with E-state index in [4.69, 9.17) is 15.3 Å². The van der Waals surface area contributed by atoms with Crippen molar-refractivity contribution in [2.75, 3.05) is 0 Å². The molecule has 15 nitrogen and oxygen atoms in total. The second-order valence-corrected chi connectivity index (χ2v) is 7.92. The van der Waals surface area contributed by atoms with Crippen LogP contribution in [0.3, 0.4) is 0 Å². The fourth-order valence-corrected chi connectivity index (χ4v) is 2.82. The van der Waals surface area contributed by atoms with Crippen molar-refractivity contribution in [3.63, 3.8) is 0 Å². The molecule has 0 aliphatic heterocycles. The molecule has 0 radical (unpaired) electrons. The van der Waals surface area contributed by atoms with E-state index >= 15 is 0 Å². The van der Waals surface area contributed by atoms with Gasteiger partial charge in [0.25, 0.3) is 0 Å². The van der Waals surface area contributed by atoms with Gasteiger partial charge < -0.3 is 41.4 Å². The van der Waals surface area contributed by atoms with Gasteiger partial charge in [0.2, 0.25) is 23.6 Å². The summed E-state index contributed by atoms with van der Waals surface area (Å²) in [7, 11) is 0. The predicted octanol–water partition coefficient (Wildman–Crippen LogP) is -2.39. The van der Waals surface area contributed by atoms with Gasteiger partial charge in [0.15, 0.2) is 0 Å². The summed E-state index contributed by atoms with van der Waals surface area (Å²) in [6.45, 7) is 4.10. The molecule has 0 spiro atoms. The van der Waals surface area contributed by atoms with Crippen LogP contribution in [0.1, 0.15) is 46.5 Å². The smallest absolute Gasteiger partial charge is 0.305 e. The number of amides is 4. The van der Waals surface area contributed by atoms with Gasteiger partial charge in [-0.25, -0.2) is 0 Å². The zero-order chi connectivity index (χ0) is 27.3. The van der Waals surface area contributed by atoms with Crippen LogP contribution in [-0.4, -0.2) is 87.3 Å². The van der Waals surface area contributed by atoms with Crippen LogP contribution in [0.25, 0.3) is 0 Å². The van der Waals surface area contributed by atoms with Gasteiger partial charge in [-0.05, 0) is 12.3 Å². The maximum absolute atomic E-state index is 12.8. The Hall–Kier alpha value is -4.04. The van der Waals surface area contributed by atoms with Gasteiger partial charge >= 0.3 is 17.9 Å². The van der Waals surface area contributed by atoms with E-state index in [9.17, 15) is 38.4 Å². The number of carbonyl (C=O) groups excluding carboxylic acids is 5. The molecule has 0 aromatic carbocycles. The van der Waals surface area contributed by atoms with Crippen molar-refractivity contribution in [1.82, 2.24) is 21.3 Å². The van der Waals surface area contributed by atoms with E-state index in [2.05, 4.69) is 21.3 Å². The summed E-state index contributed by atoms with van der Waals surface area (Å²) in [6, 6.07) is -5.75. The molecule has 0 fully saturated rings. The summed E-state index contributed by atoms with van der Waals surface area (Å²) in [5, 5.41) is 35.5. The van der Waals surface area contributed by atoms with Crippen LogP contribution < -0.4 is 21.3 Å². The molecule has 0 rings (SSSR count). The monoisotopic (exact) mass is 502 g/mol. The van der Waals surface area contributed by atoms with Gasteiger partial charge in [-0.3, -0.25) is 33.6 Å².